The second-order valence-electron chi connectivity index (χ2n) is 5.66. The van der Waals surface area contributed by atoms with Crippen LogP contribution in [0.15, 0.2) is 60.7 Å². The Morgan fingerprint density at radius 1 is 1.00 bits per heavy atom. The maximum absolute atomic E-state index is 5.84. The molecule has 1 fully saturated rings. The lowest BCUT2D eigenvalue weighted by Crippen LogP contribution is -2.58. The molecule has 3 rings (SSSR count). The van der Waals surface area contributed by atoms with Crippen LogP contribution in [0.3, 0.4) is 0 Å². The molecule has 1 saturated heterocycles. The van der Waals surface area contributed by atoms with Crippen LogP contribution in [0.2, 0.25) is 0 Å². The van der Waals surface area contributed by atoms with Gasteiger partial charge in [0.05, 0.1) is 6.04 Å². The van der Waals surface area contributed by atoms with Crippen molar-refractivity contribution in [2.75, 3.05) is 13.1 Å². The van der Waals surface area contributed by atoms with Crippen molar-refractivity contribution in [1.29, 1.82) is 0 Å². The van der Waals surface area contributed by atoms with Gasteiger partial charge in [-0.25, -0.2) is 0 Å². The van der Waals surface area contributed by atoms with Crippen LogP contribution >= 0.6 is 0 Å². The Morgan fingerprint density at radius 3 is 1.90 bits per heavy atom. The third kappa shape index (κ3) is 2.37. The van der Waals surface area contributed by atoms with Gasteiger partial charge >= 0.3 is 0 Å². The van der Waals surface area contributed by atoms with Gasteiger partial charge in [0.25, 0.3) is 0 Å². The fourth-order valence-electron chi connectivity index (χ4n) is 3.18. The number of likely N-dealkylation sites (tertiary alicyclic amines) is 1. The van der Waals surface area contributed by atoms with Crippen molar-refractivity contribution in [3.05, 3.63) is 71.8 Å². The van der Waals surface area contributed by atoms with Gasteiger partial charge in [-0.3, -0.25) is 4.90 Å². The molecule has 0 saturated carbocycles. The molecular weight excluding hydrogens is 244 g/mol. The van der Waals surface area contributed by atoms with Crippen LogP contribution in [-0.2, 0) is 0 Å². The van der Waals surface area contributed by atoms with Crippen molar-refractivity contribution >= 4 is 0 Å². The third-order valence-electron chi connectivity index (χ3n) is 4.52. The van der Waals surface area contributed by atoms with Crippen molar-refractivity contribution in [2.45, 2.75) is 19.0 Å². The first-order valence-electron chi connectivity index (χ1n) is 7.37. The van der Waals surface area contributed by atoms with E-state index in [4.69, 9.17) is 5.73 Å². The molecular formula is C18H22N2. The zero-order valence-electron chi connectivity index (χ0n) is 11.9. The summed E-state index contributed by atoms with van der Waals surface area (Å²) in [7, 11) is 0. The topological polar surface area (TPSA) is 29.3 Å². The molecule has 0 amide bonds. The molecule has 0 spiro atoms. The van der Waals surface area contributed by atoms with Crippen LogP contribution in [0.4, 0.5) is 0 Å². The van der Waals surface area contributed by atoms with Crippen LogP contribution in [0, 0.1) is 5.92 Å². The quantitative estimate of drug-likeness (QED) is 0.921. The summed E-state index contributed by atoms with van der Waals surface area (Å²) >= 11 is 0. The molecule has 2 heteroatoms. The second kappa shape index (κ2) is 5.78. The number of benzene rings is 2. The summed E-state index contributed by atoms with van der Waals surface area (Å²) in [5, 5.41) is 0. The van der Waals surface area contributed by atoms with Gasteiger partial charge in [-0.2, -0.15) is 0 Å². The van der Waals surface area contributed by atoms with Gasteiger partial charge in [-0.1, -0.05) is 60.7 Å². The van der Waals surface area contributed by atoms with Crippen LogP contribution in [0.1, 0.15) is 24.1 Å². The molecule has 0 unspecified atom stereocenters. The molecule has 1 heterocycles. The number of nitrogens with zero attached hydrogens (tertiary/aromatic N) is 1. The maximum atomic E-state index is 5.84. The fourth-order valence-corrected chi connectivity index (χ4v) is 3.18. The molecule has 0 bridgehead atoms. The summed E-state index contributed by atoms with van der Waals surface area (Å²) in [6, 6.07) is 22.4. The molecule has 20 heavy (non-hydrogen) atoms. The van der Waals surface area contributed by atoms with E-state index in [-0.39, 0.29) is 0 Å². The highest BCUT2D eigenvalue weighted by molar-refractivity contribution is 5.32. The van der Waals surface area contributed by atoms with E-state index < -0.39 is 0 Å². The van der Waals surface area contributed by atoms with Crippen LogP contribution in [0.25, 0.3) is 0 Å². The average Bonchev–Trinajstić information content (AvgIpc) is 2.52. The SMILES string of the molecule is C[C@@H]1[C@@H](CN)CN1C(c1ccccc1)c1ccccc1. The first-order valence-corrected chi connectivity index (χ1v) is 7.37. The largest absolute Gasteiger partial charge is 0.330 e. The summed E-state index contributed by atoms with van der Waals surface area (Å²) in [4.78, 5) is 2.56. The minimum absolute atomic E-state index is 0.343. The molecule has 2 aromatic rings. The van der Waals surface area contributed by atoms with Crippen molar-refractivity contribution in [3.8, 4) is 0 Å². The Kier molecular flexibility index (Phi) is 3.86. The molecule has 104 valence electrons. The zero-order chi connectivity index (χ0) is 13.9. The predicted octanol–water partition coefficient (Wildman–Crippen LogP) is 3.06. The second-order valence-corrected chi connectivity index (χ2v) is 5.66. The lowest BCUT2D eigenvalue weighted by atomic mass is 9.84. The van der Waals surface area contributed by atoms with Gasteiger partial charge in [0.1, 0.15) is 0 Å². The third-order valence-corrected chi connectivity index (χ3v) is 4.52. The zero-order valence-corrected chi connectivity index (χ0v) is 11.9. The lowest BCUT2D eigenvalue weighted by Gasteiger charge is -2.50. The number of rotatable bonds is 4. The van der Waals surface area contributed by atoms with Crippen molar-refractivity contribution in [1.82, 2.24) is 4.90 Å². The van der Waals surface area contributed by atoms with Gasteiger partial charge in [0.15, 0.2) is 0 Å². The smallest absolute Gasteiger partial charge is 0.0604 e. The molecule has 0 aliphatic carbocycles. The molecule has 0 aromatic heterocycles. The highest BCUT2D eigenvalue weighted by Gasteiger charge is 2.39. The van der Waals surface area contributed by atoms with Gasteiger partial charge in [0.2, 0.25) is 0 Å². The van der Waals surface area contributed by atoms with E-state index in [0.717, 1.165) is 13.1 Å². The molecule has 0 radical (unpaired) electrons. The first kappa shape index (κ1) is 13.3. The molecule has 1 aliphatic rings. The van der Waals surface area contributed by atoms with Gasteiger partial charge in [-0.15, -0.1) is 0 Å². The van der Waals surface area contributed by atoms with E-state index in [1.807, 2.05) is 0 Å². The van der Waals surface area contributed by atoms with Gasteiger partial charge in [0, 0.05) is 12.6 Å². The van der Waals surface area contributed by atoms with Crippen molar-refractivity contribution in [3.63, 3.8) is 0 Å². The van der Waals surface area contributed by atoms with E-state index in [1.165, 1.54) is 11.1 Å². The van der Waals surface area contributed by atoms with E-state index >= 15 is 0 Å². The van der Waals surface area contributed by atoms with Gasteiger partial charge in [-0.05, 0) is 30.5 Å². The Balaban J connectivity index is 1.94. The van der Waals surface area contributed by atoms with E-state index in [9.17, 15) is 0 Å². The minimum Gasteiger partial charge on any atom is -0.330 e. The monoisotopic (exact) mass is 266 g/mol. The predicted molar refractivity (Wildman–Crippen MR) is 83.4 cm³/mol. The van der Waals surface area contributed by atoms with E-state index in [1.54, 1.807) is 0 Å². The lowest BCUT2D eigenvalue weighted by molar-refractivity contribution is 0.00498. The molecule has 2 aromatic carbocycles. The van der Waals surface area contributed by atoms with Gasteiger partial charge < -0.3 is 5.73 Å². The Hall–Kier alpha value is -1.64. The molecule has 2 nitrogen and oxygen atoms in total. The highest BCUT2D eigenvalue weighted by Crippen LogP contribution is 2.37. The van der Waals surface area contributed by atoms with Crippen LogP contribution < -0.4 is 5.73 Å². The summed E-state index contributed by atoms with van der Waals surface area (Å²) in [5.74, 6) is 0.630. The summed E-state index contributed by atoms with van der Waals surface area (Å²) in [5.41, 5.74) is 8.56. The number of hydrogen-bond donors (Lipinski definition) is 1. The Morgan fingerprint density at radius 2 is 1.50 bits per heavy atom. The van der Waals surface area contributed by atoms with E-state index in [0.29, 0.717) is 18.0 Å². The first-order chi connectivity index (χ1) is 9.81. The molecule has 2 atom stereocenters. The number of hydrogen-bond acceptors (Lipinski definition) is 2. The molecule has 1 aliphatic heterocycles. The minimum atomic E-state index is 0.343. The van der Waals surface area contributed by atoms with Crippen molar-refractivity contribution < 1.29 is 0 Å². The standard InChI is InChI=1S/C18H22N2/c1-14-17(12-19)13-20(14)18(15-8-4-2-5-9-15)16-10-6-3-7-11-16/h2-11,14,17-18H,12-13,19H2,1H3/t14-,17+/m1/s1. The summed E-state index contributed by atoms with van der Waals surface area (Å²) in [6.45, 7) is 4.17. The van der Waals surface area contributed by atoms with E-state index in [2.05, 4.69) is 72.5 Å². The van der Waals surface area contributed by atoms with Crippen molar-refractivity contribution in [2.24, 2.45) is 11.7 Å². The Labute approximate surface area is 121 Å². The maximum Gasteiger partial charge on any atom is 0.0604 e. The summed E-state index contributed by atoms with van der Waals surface area (Å²) in [6.07, 6.45) is 0. The fraction of sp³-hybridized carbons (Fsp3) is 0.333. The Bertz CT molecular complexity index is 498. The normalized spacial score (nSPS) is 22.8. The average molecular weight is 266 g/mol. The summed E-state index contributed by atoms with van der Waals surface area (Å²) < 4.78 is 0. The molecule has 2 N–H and O–H groups in total. The van der Waals surface area contributed by atoms with Crippen LogP contribution in [0.5, 0.6) is 0 Å². The number of nitrogens with two attached hydrogens (primary N) is 1. The van der Waals surface area contributed by atoms with Crippen LogP contribution in [-0.4, -0.2) is 24.0 Å². The highest BCUT2D eigenvalue weighted by atomic mass is 15.3.